The van der Waals surface area contributed by atoms with E-state index in [1.807, 2.05) is 54.6 Å². The number of amides is 1. The van der Waals surface area contributed by atoms with E-state index in [1.54, 1.807) is 28.7 Å². The highest BCUT2D eigenvalue weighted by Crippen LogP contribution is 2.47. The van der Waals surface area contributed by atoms with Crippen LogP contribution in [0.25, 0.3) is 21.7 Å². The molecule has 1 aromatic heterocycles. The lowest BCUT2D eigenvalue weighted by atomic mass is 9.79. The van der Waals surface area contributed by atoms with Crippen LogP contribution in [0.2, 0.25) is 0 Å². The van der Waals surface area contributed by atoms with E-state index < -0.39 is 20.0 Å². The molecule has 12 heteroatoms. The smallest absolute Gasteiger partial charge is 0.415 e. The summed E-state index contributed by atoms with van der Waals surface area (Å²) < 4.78 is 64.9. The van der Waals surface area contributed by atoms with E-state index in [4.69, 9.17) is 4.74 Å². The molecule has 0 N–H and O–H groups in total. The molecule has 4 aromatic rings. The van der Waals surface area contributed by atoms with Gasteiger partial charge in [0, 0.05) is 69.0 Å². The van der Waals surface area contributed by atoms with Crippen LogP contribution in [0, 0.1) is 5.41 Å². The maximum atomic E-state index is 14.4. The molecule has 4 heterocycles. The molecule has 1 aliphatic carbocycles. The Morgan fingerprint density at radius 3 is 2.21 bits per heavy atom. The number of sulfonamides is 2. The van der Waals surface area contributed by atoms with Crippen LogP contribution in [-0.2, 0) is 31.2 Å². The van der Waals surface area contributed by atoms with Gasteiger partial charge in [-0.2, -0.15) is 13.6 Å². The second-order valence-electron chi connectivity index (χ2n) is 15.6. The Morgan fingerprint density at radius 1 is 0.811 bits per heavy atom. The molecule has 0 spiro atoms. The van der Waals surface area contributed by atoms with E-state index in [0.29, 0.717) is 50.7 Å². The fraction of sp³-hybridized carbons (Fsp3) is 0.415. The van der Waals surface area contributed by atoms with Crippen LogP contribution >= 0.6 is 0 Å². The van der Waals surface area contributed by atoms with Crippen LogP contribution in [-0.4, -0.2) is 91.6 Å². The van der Waals surface area contributed by atoms with Crippen LogP contribution in [0.4, 0.5) is 4.79 Å². The maximum Gasteiger partial charge on any atom is 0.522 e. The van der Waals surface area contributed by atoms with E-state index >= 15 is 0 Å². The summed E-state index contributed by atoms with van der Waals surface area (Å²) in [5, 5.41) is 2.92. The molecular formula is C41H47N4O6S2+. The molecule has 0 bridgehead atoms. The number of para-hydroxylation sites is 1. The third kappa shape index (κ3) is 6.42. The van der Waals surface area contributed by atoms with E-state index in [1.165, 1.54) is 4.31 Å². The number of aromatic nitrogens is 1. The van der Waals surface area contributed by atoms with Crippen molar-refractivity contribution >= 4 is 47.8 Å². The molecule has 3 aromatic carbocycles. The number of carbonyl (C=O) groups excluding carboxylic acids is 1. The predicted octanol–water partition coefficient (Wildman–Crippen LogP) is 6.79. The number of allylic oxidation sites excluding steroid dienone is 2. The Labute approximate surface area is 312 Å². The SMILES string of the molecule is CC1(C)C=C2COC(=O)[N+](C3CCN(S(=O)(=O)CCc4cccc5ccccc45)CC3)(C3CCN(S(=O)(=O)c4cccc5cccnc45)CC3)C2=CC1. The average Bonchev–Trinajstić information content (AvgIpc) is 3.17. The molecule has 3 saturated heterocycles. The van der Waals surface area contributed by atoms with Gasteiger partial charge < -0.3 is 4.74 Å². The van der Waals surface area contributed by atoms with Gasteiger partial charge >= 0.3 is 6.09 Å². The molecule has 1 unspecified atom stereocenters. The minimum atomic E-state index is -3.85. The molecule has 0 saturated carbocycles. The number of pyridine rings is 1. The van der Waals surface area contributed by atoms with Crippen molar-refractivity contribution in [3.8, 4) is 0 Å². The van der Waals surface area contributed by atoms with Gasteiger partial charge in [-0.15, -0.1) is 0 Å². The number of cyclic esters (lactones) is 1. The van der Waals surface area contributed by atoms with Crippen LogP contribution in [0.5, 0.6) is 0 Å². The van der Waals surface area contributed by atoms with Gasteiger partial charge in [0.2, 0.25) is 20.0 Å². The molecule has 1 amide bonds. The summed E-state index contributed by atoms with van der Waals surface area (Å²) in [5.74, 6) is 0.0139. The summed E-state index contributed by atoms with van der Waals surface area (Å²) >= 11 is 0. The summed E-state index contributed by atoms with van der Waals surface area (Å²) in [5.41, 5.74) is 3.33. The third-order valence-electron chi connectivity index (χ3n) is 11.9. The largest absolute Gasteiger partial charge is 0.522 e. The first-order valence-electron chi connectivity index (χ1n) is 18.7. The highest BCUT2D eigenvalue weighted by molar-refractivity contribution is 7.89. The number of ether oxygens (including phenoxy) is 1. The monoisotopic (exact) mass is 755 g/mol. The zero-order chi connectivity index (χ0) is 37.0. The zero-order valence-electron chi connectivity index (χ0n) is 30.4. The van der Waals surface area contributed by atoms with Gasteiger partial charge in [0.15, 0.2) is 0 Å². The van der Waals surface area contributed by atoms with Crippen molar-refractivity contribution < 1.29 is 30.9 Å². The first kappa shape index (κ1) is 36.1. The summed E-state index contributed by atoms with van der Waals surface area (Å²) in [6, 6.07) is 22.5. The number of fused-ring (bicyclic) bond motifs is 3. The number of rotatable bonds is 8. The number of nitrogens with zero attached hydrogens (tertiary/aromatic N) is 4. The zero-order valence-corrected chi connectivity index (χ0v) is 32.0. The van der Waals surface area contributed by atoms with Crippen molar-refractivity contribution in [3.05, 3.63) is 108 Å². The first-order valence-corrected chi connectivity index (χ1v) is 21.7. The standard InChI is InChI=1S/C41H47N4O6S2/c1-41(2)21-15-37-33(28-41)29-51-40(46)45(37,35-18-25-44(26-19-35)53(49,50)38-14-6-11-32-12-7-22-42-39(32)38)34-16-23-43(24-17-34)52(47,48)27-20-31-10-5-9-30-8-3-4-13-36(30)31/h3-15,22,28,34-35H,16-21,23-27,29H2,1-2H3/q+1. The van der Waals surface area contributed by atoms with Gasteiger partial charge in [-0.3, -0.25) is 4.98 Å². The highest BCUT2D eigenvalue weighted by Gasteiger charge is 2.60. The lowest BCUT2D eigenvalue weighted by molar-refractivity contribution is -0.875. The summed E-state index contributed by atoms with van der Waals surface area (Å²) in [7, 11) is -7.41. The quantitative estimate of drug-likeness (QED) is 0.182. The number of hydrogen-bond donors (Lipinski definition) is 0. The summed E-state index contributed by atoms with van der Waals surface area (Å²) in [4.78, 5) is 19.0. The average molecular weight is 756 g/mol. The van der Waals surface area contributed by atoms with E-state index in [-0.39, 0.29) is 58.4 Å². The number of carbonyl (C=O) groups is 1. The lowest BCUT2D eigenvalue weighted by Gasteiger charge is -2.53. The van der Waals surface area contributed by atoms with Crippen LogP contribution in [0.1, 0.15) is 51.5 Å². The fourth-order valence-corrected chi connectivity index (χ4v) is 12.4. The molecule has 278 valence electrons. The van der Waals surface area contributed by atoms with Gasteiger partial charge in [0.05, 0.1) is 11.3 Å². The molecule has 3 fully saturated rings. The molecular weight excluding hydrogens is 709 g/mol. The minimum Gasteiger partial charge on any atom is -0.415 e. The van der Waals surface area contributed by atoms with E-state index in [9.17, 15) is 21.6 Å². The minimum absolute atomic E-state index is 0.00445. The van der Waals surface area contributed by atoms with Gasteiger partial charge in [-0.1, -0.05) is 80.6 Å². The van der Waals surface area contributed by atoms with Gasteiger partial charge in [-0.05, 0) is 52.8 Å². The molecule has 1 atom stereocenters. The number of quaternary nitrogens is 1. The number of piperidine rings is 2. The van der Waals surface area contributed by atoms with Crippen LogP contribution < -0.4 is 0 Å². The first-order chi connectivity index (χ1) is 25.4. The van der Waals surface area contributed by atoms with Gasteiger partial charge in [-0.25, -0.2) is 21.1 Å². The number of aryl methyl sites for hydroxylation is 1. The van der Waals surface area contributed by atoms with E-state index in [0.717, 1.165) is 39.4 Å². The Balaban J connectivity index is 1.04. The Bertz CT molecular complexity index is 2350. The van der Waals surface area contributed by atoms with Crippen LogP contribution in [0.3, 0.4) is 0 Å². The predicted molar refractivity (Wildman–Crippen MR) is 206 cm³/mol. The molecule has 53 heavy (non-hydrogen) atoms. The van der Waals surface area contributed by atoms with Crippen molar-refractivity contribution in [2.24, 2.45) is 5.41 Å². The van der Waals surface area contributed by atoms with E-state index in [2.05, 4.69) is 31.0 Å². The number of hydrogen-bond acceptors (Lipinski definition) is 7. The maximum absolute atomic E-state index is 14.4. The van der Waals surface area contributed by atoms with Crippen molar-refractivity contribution in [3.63, 3.8) is 0 Å². The molecule has 4 aliphatic rings. The lowest BCUT2D eigenvalue weighted by Crippen LogP contribution is -2.69. The second-order valence-corrected chi connectivity index (χ2v) is 19.6. The third-order valence-corrected chi connectivity index (χ3v) is 15.7. The van der Waals surface area contributed by atoms with Gasteiger partial charge in [0.1, 0.15) is 29.3 Å². The Kier molecular flexibility index (Phi) is 9.34. The topological polar surface area (TPSA) is 114 Å². The van der Waals surface area contributed by atoms with Crippen molar-refractivity contribution in [1.82, 2.24) is 13.6 Å². The molecule has 3 aliphatic heterocycles. The highest BCUT2D eigenvalue weighted by atomic mass is 32.2. The Hall–Kier alpha value is -3.94. The number of benzene rings is 3. The normalized spacial score (nSPS) is 23.7. The molecule has 8 rings (SSSR count). The second kappa shape index (κ2) is 13.7. The fourth-order valence-electron chi connectivity index (χ4n) is 9.25. The van der Waals surface area contributed by atoms with Crippen LogP contribution in [0.15, 0.2) is 107 Å². The van der Waals surface area contributed by atoms with Crippen molar-refractivity contribution in [2.75, 3.05) is 38.5 Å². The summed E-state index contributed by atoms with van der Waals surface area (Å²) in [6.07, 6.45) is 8.82. The molecule has 10 nitrogen and oxygen atoms in total. The summed E-state index contributed by atoms with van der Waals surface area (Å²) in [6.45, 7) is 5.68. The van der Waals surface area contributed by atoms with Crippen molar-refractivity contribution in [1.29, 1.82) is 0 Å². The Morgan fingerprint density at radius 2 is 1.45 bits per heavy atom. The van der Waals surface area contributed by atoms with Gasteiger partial charge in [0.25, 0.3) is 0 Å². The van der Waals surface area contributed by atoms with Crippen molar-refractivity contribution in [2.45, 2.75) is 69.4 Å². The molecule has 0 radical (unpaired) electrons.